The second-order valence-electron chi connectivity index (χ2n) is 3.31. The summed E-state index contributed by atoms with van der Waals surface area (Å²) in [7, 11) is 0. The Hall–Kier alpha value is -1.93. The van der Waals surface area contributed by atoms with Crippen LogP contribution in [0.15, 0.2) is 24.3 Å². The number of hydrogen-bond donors (Lipinski definition) is 0. The zero-order valence-corrected chi connectivity index (χ0v) is 8.86. The monoisotopic (exact) mass is 223 g/mol. The van der Waals surface area contributed by atoms with Gasteiger partial charge in [0.2, 0.25) is 5.60 Å². The van der Waals surface area contributed by atoms with Crippen molar-refractivity contribution in [1.29, 1.82) is 5.26 Å². The minimum atomic E-state index is -1.45. The Kier molecular flexibility index (Phi) is 3.59. The maximum atomic E-state index is 12.7. The zero-order valence-electron chi connectivity index (χ0n) is 8.86. The molecule has 1 aromatic carbocycles. The highest BCUT2D eigenvalue weighted by Gasteiger charge is 2.30. The van der Waals surface area contributed by atoms with Gasteiger partial charge in [-0.25, -0.2) is 9.18 Å². The molecule has 0 saturated heterocycles. The summed E-state index contributed by atoms with van der Waals surface area (Å²) >= 11 is 0. The number of carbonyl (C=O) groups excluding carboxylic acids is 1. The van der Waals surface area contributed by atoms with Gasteiger partial charge in [0.15, 0.2) is 0 Å². The molecule has 1 unspecified atom stereocenters. The van der Waals surface area contributed by atoms with Crippen molar-refractivity contribution in [2.75, 3.05) is 0 Å². The number of hydrogen-bond acceptors (Lipinski definition) is 4. The highest BCUT2D eigenvalue weighted by atomic mass is 19.1. The Morgan fingerprint density at radius 1 is 1.44 bits per heavy atom. The number of halogens is 1. The third-order valence-electron chi connectivity index (χ3n) is 1.93. The van der Waals surface area contributed by atoms with Gasteiger partial charge in [-0.15, -0.1) is 0 Å². The van der Waals surface area contributed by atoms with E-state index in [0.29, 0.717) is 5.56 Å². The van der Waals surface area contributed by atoms with Gasteiger partial charge in [0, 0.05) is 12.5 Å². The van der Waals surface area contributed by atoms with Crippen molar-refractivity contribution in [2.24, 2.45) is 0 Å². The number of nitriles is 1. The SMILES string of the molecule is CC(=O)OOC(C)(C#N)c1ccc(F)cc1. The fourth-order valence-electron chi connectivity index (χ4n) is 1.04. The summed E-state index contributed by atoms with van der Waals surface area (Å²) in [5.41, 5.74) is -1.04. The second-order valence-corrected chi connectivity index (χ2v) is 3.31. The average Bonchev–Trinajstić information content (AvgIpc) is 2.27. The molecule has 4 nitrogen and oxygen atoms in total. The quantitative estimate of drug-likeness (QED) is 0.581. The fourth-order valence-corrected chi connectivity index (χ4v) is 1.04. The lowest BCUT2D eigenvalue weighted by atomic mass is 9.98. The van der Waals surface area contributed by atoms with Crippen LogP contribution in [-0.2, 0) is 20.2 Å². The summed E-state index contributed by atoms with van der Waals surface area (Å²) in [6.07, 6.45) is 0. The summed E-state index contributed by atoms with van der Waals surface area (Å²) < 4.78 is 12.7. The van der Waals surface area contributed by atoms with Crippen LogP contribution < -0.4 is 0 Å². The summed E-state index contributed by atoms with van der Waals surface area (Å²) in [6, 6.07) is 7.02. The summed E-state index contributed by atoms with van der Waals surface area (Å²) in [4.78, 5) is 19.6. The molecule has 0 aliphatic rings. The van der Waals surface area contributed by atoms with Crippen LogP contribution in [0.3, 0.4) is 0 Å². The largest absolute Gasteiger partial charge is 0.339 e. The van der Waals surface area contributed by atoms with Crippen molar-refractivity contribution in [1.82, 2.24) is 0 Å². The molecule has 0 spiro atoms. The predicted molar refractivity (Wildman–Crippen MR) is 52.2 cm³/mol. The molecule has 0 amide bonds. The molecule has 1 aromatic rings. The Balaban J connectivity index is 2.92. The molecule has 0 aliphatic heterocycles. The standard InChI is InChI=1S/C11H10FNO3/c1-8(14)15-16-11(2,7-13)9-3-5-10(12)6-4-9/h3-6H,1-2H3. The average molecular weight is 223 g/mol. The van der Waals surface area contributed by atoms with E-state index in [1.807, 2.05) is 6.07 Å². The summed E-state index contributed by atoms with van der Waals surface area (Å²) in [5.74, 6) is -1.08. The minimum Gasteiger partial charge on any atom is -0.297 e. The second kappa shape index (κ2) is 4.73. The number of carbonyl (C=O) groups is 1. The molecule has 16 heavy (non-hydrogen) atoms. The lowest BCUT2D eigenvalue weighted by Crippen LogP contribution is -2.25. The van der Waals surface area contributed by atoms with Crippen LogP contribution in [0.25, 0.3) is 0 Å². The van der Waals surface area contributed by atoms with Gasteiger partial charge >= 0.3 is 5.97 Å². The molecule has 0 bridgehead atoms. The molecule has 0 aromatic heterocycles. The van der Waals surface area contributed by atoms with Crippen molar-refractivity contribution in [3.63, 3.8) is 0 Å². The van der Waals surface area contributed by atoms with E-state index in [1.54, 1.807) is 0 Å². The zero-order chi connectivity index (χ0) is 12.2. The van der Waals surface area contributed by atoms with Crippen LogP contribution in [0.4, 0.5) is 4.39 Å². The minimum absolute atomic E-state index is 0.401. The maximum Gasteiger partial charge on any atom is 0.339 e. The molecule has 0 saturated carbocycles. The van der Waals surface area contributed by atoms with Gasteiger partial charge in [-0.3, -0.25) is 4.89 Å². The molecule has 0 heterocycles. The van der Waals surface area contributed by atoms with Gasteiger partial charge in [0.1, 0.15) is 11.9 Å². The van der Waals surface area contributed by atoms with Gasteiger partial charge in [-0.05, 0) is 19.1 Å². The fraction of sp³-hybridized carbons (Fsp3) is 0.273. The summed E-state index contributed by atoms with van der Waals surface area (Å²) in [5, 5.41) is 8.96. The number of nitrogens with zero attached hydrogens (tertiary/aromatic N) is 1. The molecule has 84 valence electrons. The highest BCUT2D eigenvalue weighted by molar-refractivity contribution is 5.65. The van der Waals surface area contributed by atoms with E-state index in [2.05, 4.69) is 4.89 Å². The third kappa shape index (κ3) is 2.78. The first-order chi connectivity index (χ1) is 7.48. The van der Waals surface area contributed by atoms with E-state index in [9.17, 15) is 9.18 Å². The Labute approximate surface area is 92.1 Å². The number of rotatable bonds is 3. The predicted octanol–water partition coefficient (Wildman–Crippen LogP) is 2.06. The van der Waals surface area contributed by atoms with E-state index in [1.165, 1.54) is 31.2 Å². The van der Waals surface area contributed by atoms with Crippen molar-refractivity contribution < 1.29 is 19.0 Å². The van der Waals surface area contributed by atoms with Crippen molar-refractivity contribution in [3.8, 4) is 6.07 Å². The van der Waals surface area contributed by atoms with Gasteiger partial charge < -0.3 is 0 Å². The van der Waals surface area contributed by atoms with Crippen LogP contribution in [0.1, 0.15) is 19.4 Å². The lowest BCUT2D eigenvalue weighted by Gasteiger charge is -2.19. The Bertz CT molecular complexity index is 424. The van der Waals surface area contributed by atoms with Gasteiger partial charge in [0.25, 0.3) is 0 Å². The van der Waals surface area contributed by atoms with E-state index in [4.69, 9.17) is 10.1 Å². The van der Waals surface area contributed by atoms with Crippen molar-refractivity contribution in [2.45, 2.75) is 19.4 Å². The lowest BCUT2D eigenvalue weighted by molar-refractivity contribution is -0.317. The van der Waals surface area contributed by atoms with E-state index >= 15 is 0 Å². The topological polar surface area (TPSA) is 59.3 Å². The van der Waals surface area contributed by atoms with Gasteiger partial charge in [-0.2, -0.15) is 10.1 Å². The van der Waals surface area contributed by atoms with Crippen LogP contribution in [-0.4, -0.2) is 5.97 Å². The van der Waals surface area contributed by atoms with Crippen LogP contribution in [0.5, 0.6) is 0 Å². The molecule has 0 radical (unpaired) electrons. The highest BCUT2D eigenvalue weighted by Crippen LogP contribution is 2.24. The smallest absolute Gasteiger partial charge is 0.297 e. The molecule has 0 fully saturated rings. The molecule has 0 aliphatic carbocycles. The van der Waals surface area contributed by atoms with E-state index in [0.717, 1.165) is 6.92 Å². The molecule has 1 rings (SSSR count). The summed E-state index contributed by atoms with van der Waals surface area (Å²) in [6.45, 7) is 2.58. The van der Waals surface area contributed by atoms with Crippen molar-refractivity contribution in [3.05, 3.63) is 35.6 Å². The van der Waals surface area contributed by atoms with E-state index in [-0.39, 0.29) is 0 Å². The first-order valence-electron chi connectivity index (χ1n) is 4.51. The van der Waals surface area contributed by atoms with Crippen molar-refractivity contribution >= 4 is 5.97 Å². The van der Waals surface area contributed by atoms with Crippen LogP contribution in [0, 0.1) is 17.1 Å². The Morgan fingerprint density at radius 3 is 2.44 bits per heavy atom. The third-order valence-corrected chi connectivity index (χ3v) is 1.93. The van der Waals surface area contributed by atoms with Crippen LogP contribution in [0.2, 0.25) is 0 Å². The molecular weight excluding hydrogens is 213 g/mol. The Morgan fingerprint density at radius 2 is 2.00 bits per heavy atom. The van der Waals surface area contributed by atoms with Crippen LogP contribution >= 0.6 is 0 Å². The normalized spacial score (nSPS) is 13.6. The van der Waals surface area contributed by atoms with Gasteiger partial charge in [-0.1, -0.05) is 12.1 Å². The molecular formula is C11H10FNO3. The maximum absolute atomic E-state index is 12.7. The number of benzene rings is 1. The molecule has 0 N–H and O–H groups in total. The molecule has 5 heteroatoms. The van der Waals surface area contributed by atoms with E-state index < -0.39 is 17.4 Å². The first-order valence-corrected chi connectivity index (χ1v) is 4.51. The first kappa shape index (κ1) is 12.1. The van der Waals surface area contributed by atoms with Gasteiger partial charge in [0.05, 0.1) is 0 Å². The molecule has 1 atom stereocenters.